The Labute approximate surface area is 141 Å². The maximum absolute atomic E-state index is 13.3. The van der Waals surface area contributed by atoms with Gasteiger partial charge in [-0.05, 0) is 44.5 Å². The number of carbonyl (C=O) groups is 1. The van der Waals surface area contributed by atoms with Gasteiger partial charge in [-0.3, -0.25) is 14.7 Å². The van der Waals surface area contributed by atoms with Gasteiger partial charge in [0.15, 0.2) is 0 Å². The third-order valence-corrected chi connectivity index (χ3v) is 4.43. The summed E-state index contributed by atoms with van der Waals surface area (Å²) in [5.74, 6) is -0.407. The lowest BCUT2D eigenvalue weighted by Gasteiger charge is -2.20. The number of carbonyl (C=O) groups excluding carboxylic acids is 1. The van der Waals surface area contributed by atoms with Gasteiger partial charge in [0.1, 0.15) is 5.82 Å². The summed E-state index contributed by atoms with van der Waals surface area (Å²) in [5, 5.41) is 3.07. The number of pyridine rings is 1. The van der Waals surface area contributed by atoms with Crippen molar-refractivity contribution in [2.45, 2.75) is 32.4 Å². The Morgan fingerprint density at radius 2 is 2.17 bits per heavy atom. The summed E-state index contributed by atoms with van der Waals surface area (Å²) in [7, 11) is 0. The number of rotatable bonds is 4. The quantitative estimate of drug-likeness (QED) is 0.938. The van der Waals surface area contributed by atoms with Crippen molar-refractivity contribution in [3.63, 3.8) is 0 Å². The lowest BCUT2D eigenvalue weighted by atomic mass is 10.1. The van der Waals surface area contributed by atoms with E-state index in [4.69, 9.17) is 0 Å². The van der Waals surface area contributed by atoms with Gasteiger partial charge in [0.2, 0.25) is 0 Å². The summed E-state index contributed by atoms with van der Waals surface area (Å²) in [6, 6.07) is 10.4. The number of likely N-dealkylation sites (tertiary alicyclic amines) is 1. The monoisotopic (exact) mass is 327 g/mol. The molecule has 1 amide bonds. The van der Waals surface area contributed by atoms with Gasteiger partial charge in [-0.25, -0.2) is 4.39 Å². The Kier molecular flexibility index (Phi) is 4.90. The number of aromatic nitrogens is 1. The topological polar surface area (TPSA) is 45.2 Å². The van der Waals surface area contributed by atoms with Gasteiger partial charge in [0.25, 0.3) is 5.91 Å². The largest absolute Gasteiger partial charge is 0.348 e. The number of nitrogens with zero attached hydrogens (tertiary/aromatic N) is 2. The van der Waals surface area contributed by atoms with Crippen LogP contribution in [0.4, 0.5) is 4.39 Å². The van der Waals surface area contributed by atoms with E-state index in [0.717, 1.165) is 19.5 Å². The molecule has 4 nitrogen and oxygen atoms in total. The second kappa shape index (κ2) is 7.09. The van der Waals surface area contributed by atoms with Crippen molar-refractivity contribution in [3.8, 4) is 11.3 Å². The highest BCUT2D eigenvalue weighted by Gasteiger charge is 2.25. The van der Waals surface area contributed by atoms with E-state index in [1.165, 1.54) is 12.1 Å². The Balaban J connectivity index is 1.64. The molecular formula is C19H22FN3O. The first-order chi connectivity index (χ1) is 11.5. The van der Waals surface area contributed by atoms with E-state index < -0.39 is 0 Å². The van der Waals surface area contributed by atoms with Crippen molar-refractivity contribution < 1.29 is 9.18 Å². The smallest absolute Gasteiger partial charge is 0.253 e. The fourth-order valence-electron chi connectivity index (χ4n) is 2.99. The van der Waals surface area contributed by atoms with Gasteiger partial charge >= 0.3 is 0 Å². The van der Waals surface area contributed by atoms with E-state index in [2.05, 4.69) is 29.0 Å². The van der Waals surface area contributed by atoms with Crippen molar-refractivity contribution in [1.82, 2.24) is 15.2 Å². The van der Waals surface area contributed by atoms with Crippen LogP contribution >= 0.6 is 0 Å². The molecule has 1 aromatic heterocycles. The van der Waals surface area contributed by atoms with E-state index in [0.29, 0.717) is 22.9 Å². The van der Waals surface area contributed by atoms with Crippen LogP contribution in [-0.4, -0.2) is 41.0 Å². The van der Waals surface area contributed by atoms with E-state index in [-0.39, 0.29) is 17.8 Å². The van der Waals surface area contributed by atoms with Crippen LogP contribution in [-0.2, 0) is 0 Å². The number of amides is 1. The molecule has 2 aromatic rings. The first-order valence-corrected chi connectivity index (χ1v) is 8.30. The van der Waals surface area contributed by atoms with Crippen LogP contribution < -0.4 is 5.32 Å². The first kappa shape index (κ1) is 16.6. The minimum atomic E-state index is -0.299. The molecule has 2 heterocycles. The highest BCUT2D eigenvalue weighted by atomic mass is 19.1. The second-order valence-electron chi connectivity index (χ2n) is 6.49. The summed E-state index contributed by atoms with van der Waals surface area (Å²) in [5.41, 5.74) is 1.88. The predicted octanol–water partition coefficient (Wildman–Crippen LogP) is 3.10. The van der Waals surface area contributed by atoms with Gasteiger partial charge in [-0.2, -0.15) is 0 Å². The Morgan fingerprint density at radius 3 is 2.79 bits per heavy atom. The van der Waals surface area contributed by atoms with E-state index in [9.17, 15) is 9.18 Å². The summed E-state index contributed by atoms with van der Waals surface area (Å²) in [4.78, 5) is 19.0. The molecule has 0 spiro atoms. The summed E-state index contributed by atoms with van der Waals surface area (Å²) in [6.45, 7) is 6.23. The average molecular weight is 327 g/mol. The van der Waals surface area contributed by atoms with Crippen LogP contribution in [0.2, 0.25) is 0 Å². The lowest BCUT2D eigenvalue weighted by Crippen LogP contribution is -2.38. The number of halogens is 1. The minimum Gasteiger partial charge on any atom is -0.348 e. The van der Waals surface area contributed by atoms with Gasteiger partial charge in [-0.15, -0.1) is 0 Å². The first-order valence-electron chi connectivity index (χ1n) is 8.30. The number of hydrogen-bond acceptors (Lipinski definition) is 3. The van der Waals surface area contributed by atoms with Crippen LogP contribution in [0.1, 0.15) is 30.6 Å². The zero-order valence-electron chi connectivity index (χ0n) is 14.0. The number of benzene rings is 1. The molecule has 1 unspecified atom stereocenters. The molecule has 1 aliphatic rings. The second-order valence-corrected chi connectivity index (χ2v) is 6.49. The van der Waals surface area contributed by atoms with Crippen LogP contribution in [0.3, 0.4) is 0 Å². The van der Waals surface area contributed by atoms with Gasteiger partial charge in [-0.1, -0.05) is 12.1 Å². The average Bonchev–Trinajstić information content (AvgIpc) is 3.04. The molecule has 1 saturated heterocycles. The standard InChI is InChI=1S/C19H22FN3O/c1-13(2)23-9-8-17(12-23)22-19(24)15-6-7-18(21-11-15)14-4-3-5-16(20)10-14/h3-7,10-11,13,17H,8-9,12H2,1-2H3,(H,22,24). The normalized spacial score (nSPS) is 18.1. The van der Waals surface area contributed by atoms with Gasteiger partial charge in [0.05, 0.1) is 11.3 Å². The summed E-state index contributed by atoms with van der Waals surface area (Å²) in [6.07, 6.45) is 2.52. The van der Waals surface area contributed by atoms with Crippen LogP contribution in [0.25, 0.3) is 11.3 Å². The van der Waals surface area contributed by atoms with E-state index >= 15 is 0 Å². The Morgan fingerprint density at radius 1 is 1.33 bits per heavy atom. The van der Waals surface area contributed by atoms with Crippen molar-refractivity contribution in [1.29, 1.82) is 0 Å². The highest BCUT2D eigenvalue weighted by Crippen LogP contribution is 2.18. The molecule has 24 heavy (non-hydrogen) atoms. The molecule has 0 aliphatic carbocycles. The molecular weight excluding hydrogens is 305 g/mol. The molecule has 0 bridgehead atoms. The van der Waals surface area contributed by atoms with E-state index in [1.807, 2.05) is 0 Å². The van der Waals surface area contributed by atoms with Gasteiger partial charge < -0.3 is 5.32 Å². The molecule has 126 valence electrons. The molecule has 0 saturated carbocycles. The molecule has 1 N–H and O–H groups in total. The Hall–Kier alpha value is -2.27. The maximum Gasteiger partial charge on any atom is 0.253 e. The fourth-order valence-corrected chi connectivity index (χ4v) is 2.99. The third kappa shape index (κ3) is 3.79. The zero-order chi connectivity index (χ0) is 17.1. The Bertz CT molecular complexity index is 715. The molecule has 1 aliphatic heterocycles. The predicted molar refractivity (Wildman–Crippen MR) is 92.2 cm³/mol. The highest BCUT2D eigenvalue weighted by molar-refractivity contribution is 5.94. The SMILES string of the molecule is CC(C)N1CCC(NC(=O)c2ccc(-c3cccc(F)c3)nc2)C1. The van der Waals surface area contributed by atoms with Crippen molar-refractivity contribution in [2.75, 3.05) is 13.1 Å². The number of nitrogens with one attached hydrogen (secondary N) is 1. The van der Waals surface area contributed by atoms with Crippen LogP contribution in [0, 0.1) is 5.82 Å². The van der Waals surface area contributed by atoms with Gasteiger partial charge in [0, 0.05) is 36.9 Å². The molecule has 3 rings (SSSR count). The molecule has 1 atom stereocenters. The lowest BCUT2D eigenvalue weighted by molar-refractivity contribution is 0.0936. The molecule has 1 aromatic carbocycles. The van der Waals surface area contributed by atoms with Crippen LogP contribution in [0.15, 0.2) is 42.6 Å². The zero-order valence-corrected chi connectivity index (χ0v) is 14.0. The molecule has 1 fully saturated rings. The van der Waals surface area contributed by atoms with Crippen molar-refractivity contribution >= 4 is 5.91 Å². The summed E-state index contributed by atoms with van der Waals surface area (Å²) >= 11 is 0. The van der Waals surface area contributed by atoms with E-state index in [1.54, 1.807) is 30.5 Å². The third-order valence-electron chi connectivity index (χ3n) is 4.43. The molecule has 5 heteroatoms. The van der Waals surface area contributed by atoms with Crippen LogP contribution in [0.5, 0.6) is 0 Å². The number of hydrogen-bond donors (Lipinski definition) is 1. The maximum atomic E-state index is 13.3. The van der Waals surface area contributed by atoms with Crippen molar-refractivity contribution in [3.05, 3.63) is 54.0 Å². The van der Waals surface area contributed by atoms with Crippen molar-refractivity contribution in [2.24, 2.45) is 0 Å². The minimum absolute atomic E-state index is 0.108. The fraction of sp³-hybridized carbons (Fsp3) is 0.368. The molecule has 0 radical (unpaired) electrons. The summed E-state index contributed by atoms with van der Waals surface area (Å²) < 4.78 is 13.3.